The zero-order chi connectivity index (χ0) is 19.4. The lowest BCUT2D eigenvalue weighted by atomic mass is 10.2. The quantitative estimate of drug-likeness (QED) is 0.725. The van der Waals surface area contributed by atoms with Crippen molar-refractivity contribution >= 4 is 23.4 Å². The summed E-state index contributed by atoms with van der Waals surface area (Å²) < 4.78 is 34.3. The minimum Gasteiger partial charge on any atom is -0.376 e. The Hall–Kier alpha value is -2.00. The van der Waals surface area contributed by atoms with Crippen LogP contribution in [-0.4, -0.2) is 39.1 Å². The van der Waals surface area contributed by atoms with Crippen LogP contribution in [0.5, 0.6) is 0 Å². The predicted octanol–water partition coefficient (Wildman–Crippen LogP) is 3.59. The summed E-state index contributed by atoms with van der Waals surface area (Å²) in [6.45, 7) is 5.48. The van der Waals surface area contributed by atoms with E-state index in [0.717, 1.165) is 37.4 Å². The highest BCUT2D eigenvalue weighted by atomic mass is 32.2. The summed E-state index contributed by atoms with van der Waals surface area (Å²) >= 11 is 1.23. The molecule has 9 heteroatoms. The van der Waals surface area contributed by atoms with Crippen molar-refractivity contribution in [2.24, 2.45) is 0 Å². The lowest BCUT2D eigenvalue weighted by Gasteiger charge is -2.16. The van der Waals surface area contributed by atoms with Crippen LogP contribution in [0.4, 0.5) is 14.5 Å². The number of amides is 1. The number of aromatic nitrogens is 3. The van der Waals surface area contributed by atoms with Gasteiger partial charge in [0.1, 0.15) is 17.5 Å². The second kappa shape index (κ2) is 8.79. The van der Waals surface area contributed by atoms with Gasteiger partial charge in [-0.2, -0.15) is 0 Å². The van der Waals surface area contributed by atoms with Crippen molar-refractivity contribution in [2.45, 2.75) is 50.4 Å². The van der Waals surface area contributed by atoms with Gasteiger partial charge in [0.25, 0.3) is 0 Å². The smallest absolute Gasteiger partial charge is 0.234 e. The Morgan fingerprint density at radius 3 is 2.89 bits per heavy atom. The molecule has 1 aromatic carbocycles. The number of halogens is 2. The molecule has 0 aliphatic carbocycles. The number of anilines is 1. The van der Waals surface area contributed by atoms with E-state index < -0.39 is 17.5 Å². The van der Waals surface area contributed by atoms with Gasteiger partial charge in [0.2, 0.25) is 5.91 Å². The average Bonchev–Trinajstić information content (AvgIpc) is 3.26. The Labute approximate surface area is 160 Å². The van der Waals surface area contributed by atoms with Crippen LogP contribution in [0.1, 0.15) is 38.4 Å². The molecule has 2 aromatic rings. The molecular formula is C18H22F2N4O2S. The SMILES string of the molecule is CC(C)c1nnc(SCC(=O)Nc2ccc(F)cc2F)n1C[C@H]1CCCO1. The van der Waals surface area contributed by atoms with E-state index in [1.54, 1.807) is 0 Å². The molecule has 1 amide bonds. The number of benzene rings is 1. The molecule has 0 radical (unpaired) electrons. The molecule has 1 aliphatic rings. The number of thioether (sulfide) groups is 1. The number of rotatable bonds is 7. The number of ether oxygens (including phenoxy) is 1. The highest BCUT2D eigenvalue weighted by molar-refractivity contribution is 7.99. The van der Waals surface area contributed by atoms with Gasteiger partial charge in [-0.25, -0.2) is 8.78 Å². The summed E-state index contributed by atoms with van der Waals surface area (Å²) in [6.07, 6.45) is 2.15. The molecule has 6 nitrogen and oxygen atoms in total. The third kappa shape index (κ3) is 5.04. The molecule has 1 aliphatic heterocycles. The van der Waals surface area contributed by atoms with Crippen molar-refractivity contribution in [3.05, 3.63) is 35.7 Å². The monoisotopic (exact) mass is 396 g/mol. The fraction of sp³-hybridized carbons (Fsp3) is 0.500. The number of nitrogens with one attached hydrogen (secondary N) is 1. The highest BCUT2D eigenvalue weighted by Crippen LogP contribution is 2.25. The van der Waals surface area contributed by atoms with Crippen molar-refractivity contribution in [2.75, 3.05) is 17.7 Å². The van der Waals surface area contributed by atoms with Gasteiger partial charge in [0, 0.05) is 18.6 Å². The number of hydrogen-bond acceptors (Lipinski definition) is 5. The van der Waals surface area contributed by atoms with Crippen LogP contribution < -0.4 is 5.32 Å². The van der Waals surface area contributed by atoms with Crippen molar-refractivity contribution in [1.29, 1.82) is 0 Å². The standard InChI is InChI=1S/C18H22F2N4O2S/c1-11(2)17-22-23-18(24(17)9-13-4-3-7-26-13)27-10-16(25)21-15-6-5-12(19)8-14(15)20/h5-6,8,11,13H,3-4,7,9-10H2,1-2H3,(H,21,25)/t13-/m1/s1. The van der Waals surface area contributed by atoms with Gasteiger partial charge in [0.15, 0.2) is 5.16 Å². The zero-order valence-corrected chi connectivity index (χ0v) is 16.1. The van der Waals surface area contributed by atoms with Crippen LogP contribution in [-0.2, 0) is 16.1 Å². The average molecular weight is 396 g/mol. The minimum absolute atomic E-state index is 0.0402. The van der Waals surface area contributed by atoms with E-state index in [1.807, 2.05) is 18.4 Å². The second-order valence-electron chi connectivity index (χ2n) is 6.70. The van der Waals surface area contributed by atoms with Gasteiger partial charge in [0.05, 0.1) is 24.1 Å². The van der Waals surface area contributed by atoms with Gasteiger partial charge in [-0.3, -0.25) is 4.79 Å². The van der Waals surface area contributed by atoms with E-state index >= 15 is 0 Å². The molecule has 0 saturated carbocycles. The summed E-state index contributed by atoms with van der Waals surface area (Å²) in [4.78, 5) is 12.1. The van der Waals surface area contributed by atoms with Crippen molar-refractivity contribution in [1.82, 2.24) is 14.8 Å². The third-order valence-electron chi connectivity index (χ3n) is 4.21. The Morgan fingerprint density at radius 2 is 2.22 bits per heavy atom. The fourth-order valence-corrected chi connectivity index (χ4v) is 3.66. The molecule has 1 N–H and O–H groups in total. The van der Waals surface area contributed by atoms with Crippen LogP contribution in [0.15, 0.2) is 23.4 Å². The Bertz CT molecular complexity index is 807. The first-order valence-corrected chi connectivity index (χ1v) is 9.85. The first kappa shape index (κ1) is 19.8. The molecule has 1 fully saturated rings. The summed E-state index contributed by atoms with van der Waals surface area (Å²) in [6, 6.07) is 3.03. The normalized spacial score (nSPS) is 16.9. The predicted molar refractivity (Wildman–Crippen MR) is 98.8 cm³/mol. The molecule has 2 heterocycles. The van der Waals surface area contributed by atoms with Gasteiger partial charge in [-0.1, -0.05) is 25.6 Å². The topological polar surface area (TPSA) is 69.0 Å². The maximum Gasteiger partial charge on any atom is 0.234 e. The summed E-state index contributed by atoms with van der Waals surface area (Å²) in [5, 5.41) is 11.5. The lowest BCUT2D eigenvalue weighted by molar-refractivity contribution is -0.113. The van der Waals surface area contributed by atoms with E-state index in [9.17, 15) is 13.6 Å². The summed E-state index contributed by atoms with van der Waals surface area (Å²) in [7, 11) is 0. The van der Waals surface area contributed by atoms with E-state index in [-0.39, 0.29) is 23.5 Å². The van der Waals surface area contributed by atoms with E-state index in [1.165, 1.54) is 17.8 Å². The molecule has 146 valence electrons. The molecule has 1 saturated heterocycles. The number of nitrogens with zero attached hydrogens (tertiary/aromatic N) is 3. The molecule has 3 rings (SSSR count). The molecular weight excluding hydrogens is 374 g/mol. The molecule has 1 aromatic heterocycles. The van der Waals surface area contributed by atoms with Crippen LogP contribution in [0.25, 0.3) is 0 Å². The summed E-state index contributed by atoms with van der Waals surface area (Å²) in [5.74, 6) is -0.824. The second-order valence-corrected chi connectivity index (χ2v) is 7.64. The van der Waals surface area contributed by atoms with Crippen LogP contribution in [0.2, 0.25) is 0 Å². The van der Waals surface area contributed by atoms with Crippen molar-refractivity contribution in [3.8, 4) is 0 Å². The first-order chi connectivity index (χ1) is 12.9. The van der Waals surface area contributed by atoms with E-state index in [4.69, 9.17) is 4.74 Å². The Morgan fingerprint density at radius 1 is 1.41 bits per heavy atom. The number of carbonyl (C=O) groups excluding carboxylic acids is 1. The zero-order valence-electron chi connectivity index (χ0n) is 15.2. The Kier molecular flexibility index (Phi) is 6.43. The van der Waals surface area contributed by atoms with Crippen LogP contribution >= 0.6 is 11.8 Å². The minimum atomic E-state index is -0.808. The largest absolute Gasteiger partial charge is 0.376 e. The van der Waals surface area contributed by atoms with Crippen molar-refractivity contribution < 1.29 is 18.3 Å². The van der Waals surface area contributed by atoms with Gasteiger partial charge in [-0.05, 0) is 25.0 Å². The molecule has 27 heavy (non-hydrogen) atoms. The van der Waals surface area contributed by atoms with Crippen molar-refractivity contribution in [3.63, 3.8) is 0 Å². The molecule has 1 atom stereocenters. The van der Waals surface area contributed by atoms with E-state index in [0.29, 0.717) is 11.7 Å². The highest BCUT2D eigenvalue weighted by Gasteiger charge is 2.22. The van der Waals surface area contributed by atoms with E-state index in [2.05, 4.69) is 15.5 Å². The molecule has 0 bridgehead atoms. The Balaban J connectivity index is 1.65. The maximum absolute atomic E-state index is 13.7. The number of hydrogen-bond donors (Lipinski definition) is 1. The third-order valence-corrected chi connectivity index (χ3v) is 5.18. The van der Waals surface area contributed by atoms with Gasteiger partial charge >= 0.3 is 0 Å². The lowest BCUT2D eigenvalue weighted by Crippen LogP contribution is -2.19. The van der Waals surface area contributed by atoms with Gasteiger partial charge in [-0.15, -0.1) is 10.2 Å². The van der Waals surface area contributed by atoms with Crippen LogP contribution in [0, 0.1) is 11.6 Å². The maximum atomic E-state index is 13.7. The summed E-state index contributed by atoms with van der Waals surface area (Å²) in [5.41, 5.74) is -0.0503. The van der Waals surface area contributed by atoms with Crippen LogP contribution in [0.3, 0.4) is 0 Å². The molecule has 0 spiro atoms. The number of carbonyl (C=O) groups is 1. The fourth-order valence-electron chi connectivity index (χ4n) is 2.90. The first-order valence-electron chi connectivity index (χ1n) is 8.86. The molecule has 0 unspecified atom stereocenters. The van der Waals surface area contributed by atoms with Gasteiger partial charge < -0.3 is 14.6 Å².